The van der Waals surface area contributed by atoms with Crippen LogP contribution < -0.4 is 21.3 Å². The lowest BCUT2D eigenvalue weighted by Gasteiger charge is -2.21. The van der Waals surface area contributed by atoms with E-state index in [1.807, 2.05) is 13.8 Å². The number of allylic oxidation sites excluding steroid dienone is 1. The molecule has 2 bridgehead atoms. The van der Waals surface area contributed by atoms with Crippen LogP contribution >= 0.6 is 0 Å². The minimum absolute atomic E-state index is 0.0510. The van der Waals surface area contributed by atoms with Gasteiger partial charge in [-0.05, 0) is 45.4 Å². The van der Waals surface area contributed by atoms with Gasteiger partial charge in [0.2, 0.25) is 0 Å². The number of aromatic nitrogens is 2. The monoisotopic (exact) mass is 438 g/mol. The van der Waals surface area contributed by atoms with E-state index in [9.17, 15) is 0 Å². The summed E-state index contributed by atoms with van der Waals surface area (Å²) in [6, 6.07) is 0. The van der Waals surface area contributed by atoms with E-state index in [2.05, 4.69) is 60.3 Å². The van der Waals surface area contributed by atoms with Gasteiger partial charge in [-0.2, -0.15) is 0 Å². The van der Waals surface area contributed by atoms with Gasteiger partial charge in [0.05, 0.1) is 18.1 Å². The zero-order chi connectivity index (χ0) is 22.3. The zero-order valence-corrected chi connectivity index (χ0v) is 19.1. The summed E-state index contributed by atoms with van der Waals surface area (Å²) in [6.07, 6.45) is 13.9. The molecule has 1 saturated heterocycles. The molecule has 4 N–H and O–H groups in total. The van der Waals surface area contributed by atoms with Gasteiger partial charge in [0.1, 0.15) is 30.4 Å². The summed E-state index contributed by atoms with van der Waals surface area (Å²) in [5.74, 6) is 2.15. The number of aliphatic imine (C=N–C) groups is 2. The maximum Gasteiger partial charge on any atom is 0.146 e. The molecule has 4 unspecified atom stereocenters. The molecule has 9 heteroatoms. The molecule has 3 aliphatic heterocycles. The van der Waals surface area contributed by atoms with Crippen LogP contribution in [0.5, 0.6) is 0 Å². The molecule has 3 aliphatic rings. The van der Waals surface area contributed by atoms with Crippen LogP contribution in [0.2, 0.25) is 0 Å². The van der Waals surface area contributed by atoms with Gasteiger partial charge in [-0.15, -0.1) is 0 Å². The highest BCUT2D eigenvalue weighted by molar-refractivity contribution is 5.63. The molecule has 32 heavy (non-hydrogen) atoms. The molecule has 0 amide bonds. The van der Waals surface area contributed by atoms with Crippen molar-refractivity contribution in [2.75, 3.05) is 23.7 Å². The topological polar surface area (TPSA) is 108 Å². The van der Waals surface area contributed by atoms with Crippen LogP contribution in [0.4, 0.5) is 11.6 Å². The number of nitrogens with zero attached hydrogens (tertiary/aromatic N) is 4. The van der Waals surface area contributed by atoms with Crippen LogP contribution in [0.15, 0.2) is 39.9 Å². The molecule has 9 nitrogen and oxygen atoms in total. The third-order valence-corrected chi connectivity index (χ3v) is 6.10. The van der Waals surface area contributed by atoms with Gasteiger partial charge in [-0.25, -0.2) is 9.97 Å². The Bertz CT molecular complexity index is 909. The normalized spacial score (nSPS) is 27.6. The number of hydrogen-bond donors (Lipinski definition) is 4. The van der Waals surface area contributed by atoms with Crippen molar-refractivity contribution in [2.45, 2.75) is 70.9 Å². The fourth-order valence-corrected chi connectivity index (χ4v) is 4.39. The zero-order valence-electron chi connectivity index (χ0n) is 19.1. The van der Waals surface area contributed by atoms with E-state index in [4.69, 9.17) is 4.74 Å². The summed E-state index contributed by atoms with van der Waals surface area (Å²) in [7, 11) is 0. The second-order valence-corrected chi connectivity index (χ2v) is 8.41. The van der Waals surface area contributed by atoms with Gasteiger partial charge in [0, 0.05) is 30.6 Å². The summed E-state index contributed by atoms with van der Waals surface area (Å²) >= 11 is 0. The molecule has 4 heterocycles. The fourth-order valence-electron chi connectivity index (χ4n) is 4.39. The predicted octanol–water partition coefficient (Wildman–Crippen LogP) is 3.13. The highest BCUT2D eigenvalue weighted by Crippen LogP contribution is 2.37. The number of rotatable bonds is 7. The van der Waals surface area contributed by atoms with Gasteiger partial charge >= 0.3 is 0 Å². The molecular formula is C23H34N8O. The number of nitrogens with one attached hydrogen (secondary N) is 4. The molecule has 0 aliphatic carbocycles. The molecule has 172 valence electrons. The third kappa shape index (κ3) is 5.34. The van der Waals surface area contributed by atoms with Gasteiger partial charge < -0.3 is 20.7 Å². The minimum atomic E-state index is -0.139. The number of ether oxygens (including phenoxy) is 1. The lowest BCUT2D eigenvalue weighted by Crippen LogP contribution is -2.35. The average Bonchev–Trinajstić information content (AvgIpc) is 3.25. The van der Waals surface area contributed by atoms with Crippen LogP contribution in [0, 0.1) is 0 Å². The molecule has 0 radical (unpaired) electrons. The van der Waals surface area contributed by atoms with Gasteiger partial charge in [0.15, 0.2) is 0 Å². The van der Waals surface area contributed by atoms with Crippen LogP contribution in [0.25, 0.3) is 0 Å². The average molecular weight is 439 g/mol. The molecule has 1 aromatic heterocycles. The van der Waals surface area contributed by atoms with Crippen LogP contribution in [-0.4, -0.2) is 54.1 Å². The lowest BCUT2D eigenvalue weighted by atomic mass is 9.94. The lowest BCUT2D eigenvalue weighted by molar-refractivity contribution is 0.0547. The Balaban J connectivity index is 1.33. The smallest absolute Gasteiger partial charge is 0.146 e. The first-order chi connectivity index (χ1) is 15.7. The summed E-state index contributed by atoms with van der Waals surface area (Å²) in [5, 5.41) is 13.5. The second-order valence-electron chi connectivity index (χ2n) is 8.41. The van der Waals surface area contributed by atoms with E-state index in [-0.39, 0.29) is 12.4 Å². The Morgan fingerprint density at radius 2 is 2.03 bits per heavy atom. The summed E-state index contributed by atoms with van der Waals surface area (Å²) < 4.78 is 6.10. The van der Waals surface area contributed by atoms with Crippen molar-refractivity contribution in [1.29, 1.82) is 0 Å². The molecule has 1 fully saturated rings. The van der Waals surface area contributed by atoms with Crippen molar-refractivity contribution in [2.24, 2.45) is 9.98 Å². The number of hydrogen-bond acceptors (Lipinski definition) is 9. The summed E-state index contributed by atoms with van der Waals surface area (Å²) in [5.41, 5.74) is 3.08. The van der Waals surface area contributed by atoms with Crippen molar-refractivity contribution >= 4 is 24.2 Å². The summed E-state index contributed by atoms with van der Waals surface area (Å²) in [6.45, 7) is 7.54. The van der Waals surface area contributed by atoms with Crippen LogP contribution in [0.3, 0.4) is 0 Å². The Labute approximate surface area is 190 Å². The number of anilines is 2. The molecule has 0 spiro atoms. The fraction of sp³-hybridized carbons (Fsp3) is 0.565. The first kappa shape index (κ1) is 22.4. The van der Waals surface area contributed by atoms with E-state index < -0.39 is 0 Å². The minimum Gasteiger partial charge on any atom is -0.366 e. The Kier molecular flexibility index (Phi) is 7.49. The Morgan fingerprint density at radius 1 is 1.19 bits per heavy atom. The number of fused-ring (bicyclic) bond motifs is 3. The largest absolute Gasteiger partial charge is 0.366 e. The van der Waals surface area contributed by atoms with Crippen molar-refractivity contribution in [3.05, 3.63) is 35.4 Å². The van der Waals surface area contributed by atoms with E-state index >= 15 is 0 Å². The van der Waals surface area contributed by atoms with Gasteiger partial charge in [-0.3, -0.25) is 15.3 Å². The first-order valence-corrected chi connectivity index (χ1v) is 11.5. The van der Waals surface area contributed by atoms with E-state index in [0.717, 1.165) is 54.3 Å². The van der Waals surface area contributed by atoms with Crippen molar-refractivity contribution < 1.29 is 4.74 Å². The third-order valence-electron chi connectivity index (χ3n) is 6.10. The SMILES string of the molecule is CC=NC1=C(C)NC=NC1NC/C=C/CNc1ncnc2c1C(C)CCC1CCC(N2)O1. The molecule has 0 saturated carbocycles. The highest BCUT2D eigenvalue weighted by Gasteiger charge is 2.30. The van der Waals surface area contributed by atoms with Gasteiger partial charge in [0.25, 0.3) is 0 Å². The van der Waals surface area contributed by atoms with Gasteiger partial charge in [-0.1, -0.05) is 19.1 Å². The molecule has 4 atom stereocenters. The predicted molar refractivity (Wildman–Crippen MR) is 129 cm³/mol. The molecule has 0 aromatic carbocycles. The molecule has 4 rings (SSSR count). The van der Waals surface area contributed by atoms with E-state index in [1.54, 1.807) is 18.9 Å². The quantitative estimate of drug-likeness (QED) is 0.383. The first-order valence-electron chi connectivity index (χ1n) is 11.5. The molecule has 1 aromatic rings. The second kappa shape index (κ2) is 10.7. The Hall–Kier alpha value is -2.78. The van der Waals surface area contributed by atoms with Crippen molar-refractivity contribution in [1.82, 2.24) is 20.6 Å². The maximum absolute atomic E-state index is 6.10. The van der Waals surface area contributed by atoms with Crippen molar-refractivity contribution in [3.63, 3.8) is 0 Å². The summed E-state index contributed by atoms with van der Waals surface area (Å²) in [4.78, 5) is 17.9. The van der Waals surface area contributed by atoms with E-state index in [1.165, 1.54) is 0 Å². The van der Waals surface area contributed by atoms with Crippen LogP contribution in [-0.2, 0) is 4.74 Å². The Morgan fingerprint density at radius 3 is 2.91 bits per heavy atom. The van der Waals surface area contributed by atoms with E-state index in [0.29, 0.717) is 25.1 Å². The maximum atomic E-state index is 6.10. The van der Waals surface area contributed by atoms with Crippen molar-refractivity contribution in [3.8, 4) is 0 Å². The van der Waals surface area contributed by atoms with Crippen LogP contribution in [0.1, 0.15) is 57.9 Å². The standard InChI is InChI=1S/C23H34N8O/c1-4-24-20-16(3)27-13-30-23(20)26-12-6-5-11-25-21-19-15(2)7-8-17-9-10-18(32-17)31-22(19)29-14-28-21/h4-6,13-15,17-18,23,26H,7-12H2,1-3H3,(H,27,30)(H2,25,28,29,31)/b6-5+,24-4?. The highest BCUT2D eigenvalue weighted by atomic mass is 16.5. The molecular weight excluding hydrogens is 404 g/mol.